The SMILES string of the molecule is COc1ccc(CNC(=O)CN2C(c3ccccc3)=C[C@H](c3ccc(C)cc3)n3nnnc32)cc1. The van der Waals surface area contributed by atoms with E-state index in [0.29, 0.717) is 12.5 Å². The fourth-order valence-corrected chi connectivity index (χ4v) is 4.13. The van der Waals surface area contributed by atoms with Crippen LogP contribution in [-0.2, 0) is 11.3 Å². The van der Waals surface area contributed by atoms with Crippen LogP contribution < -0.4 is 15.0 Å². The summed E-state index contributed by atoms with van der Waals surface area (Å²) in [7, 11) is 1.63. The third kappa shape index (κ3) is 4.77. The van der Waals surface area contributed by atoms with Crippen molar-refractivity contribution >= 4 is 17.6 Å². The zero-order valence-electron chi connectivity index (χ0n) is 19.6. The molecule has 1 amide bonds. The summed E-state index contributed by atoms with van der Waals surface area (Å²) in [6.07, 6.45) is 2.11. The molecule has 5 rings (SSSR count). The van der Waals surface area contributed by atoms with E-state index in [9.17, 15) is 4.79 Å². The quantitative estimate of drug-likeness (QED) is 0.447. The van der Waals surface area contributed by atoms with Crippen molar-refractivity contribution in [2.75, 3.05) is 18.6 Å². The molecule has 1 aliphatic heterocycles. The average molecular weight is 467 g/mol. The summed E-state index contributed by atoms with van der Waals surface area (Å²) < 4.78 is 6.96. The van der Waals surface area contributed by atoms with Gasteiger partial charge in [0.25, 0.3) is 5.95 Å². The number of anilines is 1. The molecule has 0 radical (unpaired) electrons. The van der Waals surface area contributed by atoms with Gasteiger partial charge in [-0.1, -0.05) is 77.4 Å². The minimum Gasteiger partial charge on any atom is -0.497 e. The van der Waals surface area contributed by atoms with Crippen molar-refractivity contribution in [2.24, 2.45) is 0 Å². The highest BCUT2D eigenvalue weighted by Gasteiger charge is 2.31. The fraction of sp³-hybridized carbons (Fsp3) is 0.185. The van der Waals surface area contributed by atoms with E-state index in [0.717, 1.165) is 28.1 Å². The summed E-state index contributed by atoms with van der Waals surface area (Å²) in [5.74, 6) is 1.17. The van der Waals surface area contributed by atoms with Crippen LogP contribution in [0.3, 0.4) is 0 Å². The van der Waals surface area contributed by atoms with Crippen LogP contribution in [0, 0.1) is 6.92 Å². The summed E-state index contributed by atoms with van der Waals surface area (Å²) in [4.78, 5) is 14.9. The first-order valence-electron chi connectivity index (χ1n) is 11.4. The van der Waals surface area contributed by atoms with Gasteiger partial charge in [0.05, 0.1) is 12.8 Å². The average Bonchev–Trinajstić information content (AvgIpc) is 3.39. The number of benzene rings is 3. The first-order valence-corrected chi connectivity index (χ1v) is 11.4. The lowest BCUT2D eigenvalue weighted by Crippen LogP contribution is -2.39. The van der Waals surface area contributed by atoms with Gasteiger partial charge in [-0.25, -0.2) is 0 Å². The van der Waals surface area contributed by atoms with Gasteiger partial charge in [0, 0.05) is 6.54 Å². The third-order valence-corrected chi connectivity index (χ3v) is 6.03. The highest BCUT2D eigenvalue weighted by Crippen LogP contribution is 2.36. The number of amides is 1. The molecule has 35 heavy (non-hydrogen) atoms. The second-order valence-corrected chi connectivity index (χ2v) is 8.41. The van der Waals surface area contributed by atoms with Crippen LogP contribution in [0.25, 0.3) is 5.70 Å². The van der Waals surface area contributed by atoms with Crippen molar-refractivity contribution in [3.63, 3.8) is 0 Å². The smallest absolute Gasteiger partial charge is 0.251 e. The number of allylic oxidation sites excluding steroid dienone is 1. The van der Waals surface area contributed by atoms with Crippen LogP contribution in [0.4, 0.5) is 5.95 Å². The number of hydrogen-bond donors (Lipinski definition) is 1. The number of nitrogens with one attached hydrogen (secondary N) is 1. The molecule has 1 aromatic heterocycles. The lowest BCUT2D eigenvalue weighted by atomic mass is 10.00. The van der Waals surface area contributed by atoms with Gasteiger partial charge in [-0.2, -0.15) is 4.68 Å². The van der Waals surface area contributed by atoms with E-state index in [-0.39, 0.29) is 18.5 Å². The summed E-state index contributed by atoms with van der Waals surface area (Å²) in [6, 6.07) is 25.8. The standard InChI is InChI=1S/C27H26N6O2/c1-19-8-12-22(13-9-19)25-16-24(21-6-4-3-5-7-21)32(27-29-30-31-33(25)27)18-26(34)28-17-20-10-14-23(35-2)15-11-20/h3-16,25H,17-18H2,1-2H3,(H,28,34)/t25-/m1/s1. The Bertz CT molecular complexity index is 1330. The van der Waals surface area contributed by atoms with Gasteiger partial charge in [-0.05, 0) is 52.2 Å². The molecule has 2 heterocycles. The maximum atomic E-state index is 13.0. The van der Waals surface area contributed by atoms with E-state index >= 15 is 0 Å². The normalized spacial score (nSPS) is 14.7. The molecule has 0 spiro atoms. The molecule has 1 aliphatic rings. The monoisotopic (exact) mass is 466 g/mol. The zero-order chi connectivity index (χ0) is 24.2. The van der Waals surface area contributed by atoms with Crippen molar-refractivity contribution in [3.8, 4) is 5.75 Å². The summed E-state index contributed by atoms with van der Waals surface area (Å²) >= 11 is 0. The van der Waals surface area contributed by atoms with Crippen LogP contribution in [0.15, 0.2) is 84.9 Å². The van der Waals surface area contributed by atoms with Gasteiger partial charge >= 0.3 is 0 Å². The number of ether oxygens (including phenoxy) is 1. The van der Waals surface area contributed by atoms with Crippen LogP contribution in [-0.4, -0.2) is 39.8 Å². The Hall–Kier alpha value is -4.46. The molecule has 0 unspecified atom stereocenters. The fourth-order valence-electron chi connectivity index (χ4n) is 4.13. The molecule has 1 N–H and O–H groups in total. The Morgan fingerprint density at radius 1 is 1.00 bits per heavy atom. The molecule has 0 saturated heterocycles. The molecule has 1 atom stereocenters. The topological polar surface area (TPSA) is 85.2 Å². The number of methoxy groups -OCH3 is 1. The number of nitrogens with zero attached hydrogens (tertiary/aromatic N) is 5. The van der Waals surface area contributed by atoms with Crippen molar-refractivity contribution in [1.82, 2.24) is 25.5 Å². The lowest BCUT2D eigenvalue weighted by molar-refractivity contribution is -0.119. The van der Waals surface area contributed by atoms with Gasteiger partial charge in [0.2, 0.25) is 5.91 Å². The van der Waals surface area contributed by atoms with Crippen LogP contribution in [0.5, 0.6) is 5.75 Å². The van der Waals surface area contributed by atoms with Crippen molar-refractivity contribution in [2.45, 2.75) is 19.5 Å². The number of rotatable bonds is 7. The largest absolute Gasteiger partial charge is 0.497 e. The molecule has 0 saturated carbocycles. The Morgan fingerprint density at radius 2 is 1.74 bits per heavy atom. The van der Waals surface area contributed by atoms with E-state index in [2.05, 4.69) is 58.1 Å². The van der Waals surface area contributed by atoms with Crippen molar-refractivity contribution in [3.05, 3.63) is 107 Å². The Labute approximate surface area is 203 Å². The van der Waals surface area contributed by atoms with Crippen LogP contribution >= 0.6 is 0 Å². The Morgan fingerprint density at radius 3 is 2.46 bits per heavy atom. The minimum atomic E-state index is -0.186. The molecule has 8 nitrogen and oxygen atoms in total. The lowest BCUT2D eigenvalue weighted by Gasteiger charge is -2.32. The van der Waals surface area contributed by atoms with E-state index in [1.807, 2.05) is 59.5 Å². The Balaban J connectivity index is 1.43. The van der Waals surface area contributed by atoms with E-state index < -0.39 is 0 Å². The summed E-state index contributed by atoms with van der Waals surface area (Å²) in [6.45, 7) is 2.56. The molecule has 4 aromatic rings. The number of aromatic nitrogens is 4. The maximum absolute atomic E-state index is 13.0. The number of carbonyl (C=O) groups excluding carboxylic acids is 1. The number of fused-ring (bicyclic) bond motifs is 1. The van der Waals surface area contributed by atoms with E-state index in [1.54, 1.807) is 11.8 Å². The van der Waals surface area contributed by atoms with Gasteiger partial charge in [-0.15, -0.1) is 0 Å². The number of aryl methyl sites for hydroxylation is 1. The predicted molar refractivity (Wildman–Crippen MR) is 134 cm³/mol. The first kappa shape index (κ1) is 22.3. The molecule has 176 valence electrons. The Kier molecular flexibility index (Phi) is 6.26. The van der Waals surface area contributed by atoms with Crippen molar-refractivity contribution in [1.29, 1.82) is 0 Å². The highest BCUT2D eigenvalue weighted by molar-refractivity contribution is 5.89. The zero-order valence-corrected chi connectivity index (χ0v) is 19.6. The maximum Gasteiger partial charge on any atom is 0.251 e. The molecule has 0 aliphatic carbocycles. The van der Waals surface area contributed by atoms with Crippen LogP contribution in [0.1, 0.15) is 28.3 Å². The second kappa shape index (κ2) is 9.80. The van der Waals surface area contributed by atoms with E-state index in [1.165, 1.54) is 5.56 Å². The third-order valence-electron chi connectivity index (χ3n) is 6.03. The van der Waals surface area contributed by atoms with Gasteiger partial charge in [0.15, 0.2) is 0 Å². The number of carbonyl (C=O) groups is 1. The number of hydrogen-bond acceptors (Lipinski definition) is 6. The number of tetrazole rings is 1. The van der Waals surface area contributed by atoms with Gasteiger partial charge in [0.1, 0.15) is 18.3 Å². The molecule has 0 bridgehead atoms. The molecular weight excluding hydrogens is 440 g/mol. The van der Waals surface area contributed by atoms with Gasteiger partial charge < -0.3 is 10.1 Å². The minimum absolute atomic E-state index is 0.0812. The molecule has 3 aromatic carbocycles. The molecular formula is C27H26N6O2. The first-order chi connectivity index (χ1) is 17.1. The molecule has 8 heteroatoms. The van der Waals surface area contributed by atoms with E-state index in [4.69, 9.17) is 4.74 Å². The molecule has 0 fully saturated rings. The highest BCUT2D eigenvalue weighted by atomic mass is 16.5. The van der Waals surface area contributed by atoms with Gasteiger partial charge in [-0.3, -0.25) is 9.69 Å². The predicted octanol–water partition coefficient (Wildman–Crippen LogP) is 3.76. The summed E-state index contributed by atoms with van der Waals surface area (Å²) in [5, 5.41) is 15.5. The van der Waals surface area contributed by atoms with Crippen molar-refractivity contribution < 1.29 is 9.53 Å². The summed E-state index contributed by atoms with van der Waals surface area (Å²) in [5.41, 5.74) is 5.12. The second-order valence-electron chi connectivity index (χ2n) is 8.41. The van der Waals surface area contributed by atoms with Crippen LogP contribution in [0.2, 0.25) is 0 Å².